The molecular formula is C19H23FN2O2. The number of rotatable bonds is 6. The van der Waals surface area contributed by atoms with Crippen molar-refractivity contribution in [3.8, 4) is 0 Å². The first kappa shape index (κ1) is 16.7. The van der Waals surface area contributed by atoms with E-state index in [4.69, 9.17) is 4.42 Å². The molecule has 1 amide bonds. The second-order valence-corrected chi connectivity index (χ2v) is 6.41. The van der Waals surface area contributed by atoms with Gasteiger partial charge in [-0.1, -0.05) is 12.1 Å². The number of furan rings is 1. The molecule has 0 saturated carbocycles. The van der Waals surface area contributed by atoms with E-state index >= 15 is 0 Å². The summed E-state index contributed by atoms with van der Waals surface area (Å²) in [4.78, 5) is 14.4. The van der Waals surface area contributed by atoms with E-state index in [1.807, 2.05) is 12.1 Å². The van der Waals surface area contributed by atoms with Crippen molar-refractivity contribution < 1.29 is 13.6 Å². The van der Waals surface area contributed by atoms with Gasteiger partial charge in [0.15, 0.2) is 0 Å². The van der Waals surface area contributed by atoms with Crippen molar-refractivity contribution in [1.29, 1.82) is 0 Å². The zero-order valence-corrected chi connectivity index (χ0v) is 13.7. The summed E-state index contributed by atoms with van der Waals surface area (Å²) in [6.07, 6.45) is 4.17. The maximum absolute atomic E-state index is 12.9. The van der Waals surface area contributed by atoms with Crippen molar-refractivity contribution in [2.75, 3.05) is 19.6 Å². The van der Waals surface area contributed by atoms with Gasteiger partial charge in [0, 0.05) is 6.54 Å². The molecule has 3 rings (SSSR count). The third-order valence-corrected chi connectivity index (χ3v) is 4.53. The molecule has 1 fully saturated rings. The average molecular weight is 330 g/mol. The van der Waals surface area contributed by atoms with Crippen molar-refractivity contribution in [3.63, 3.8) is 0 Å². The van der Waals surface area contributed by atoms with Gasteiger partial charge in [0.1, 0.15) is 11.6 Å². The van der Waals surface area contributed by atoms with Crippen LogP contribution in [0.3, 0.4) is 0 Å². The first-order valence-electron chi connectivity index (χ1n) is 8.45. The zero-order valence-electron chi connectivity index (χ0n) is 13.7. The molecule has 0 atom stereocenters. The molecule has 128 valence electrons. The van der Waals surface area contributed by atoms with E-state index in [9.17, 15) is 9.18 Å². The van der Waals surface area contributed by atoms with Gasteiger partial charge in [-0.25, -0.2) is 4.39 Å². The second-order valence-electron chi connectivity index (χ2n) is 6.41. The minimum atomic E-state index is -0.277. The number of hydrogen-bond acceptors (Lipinski definition) is 3. The Labute approximate surface area is 141 Å². The minimum Gasteiger partial charge on any atom is -0.468 e. The standard InChI is InChI=1S/C19H23FN2O2/c20-17-5-3-15(4-6-17)12-19(23)21-13-16-7-9-22(10-8-16)14-18-2-1-11-24-18/h1-6,11,16H,7-10,12-14H2,(H,21,23). The Hall–Kier alpha value is -2.14. The SMILES string of the molecule is O=C(Cc1ccc(F)cc1)NCC1CCN(Cc2ccco2)CC1. The van der Waals surface area contributed by atoms with Crippen molar-refractivity contribution in [1.82, 2.24) is 10.2 Å². The number of hydrogen-bond donors (Lipinski definition) is 1. The second kappa shape index (κ2) is 8.11. The van der Waals surface area contributed by atoms with Crippen molar-refractivity contribution in [3.05, 3.63) is 59.8 Å². The topological polar surface area (TPSA) is 45.5 Å². The van der Waals surface area contributed by atoms with Crippen LogP contribution in [0.2, 0.25) is 0 Å². The highest BCUT2D eigenvalue weighted by atomic mass is 19.1. The van der Waals surface area contributed by atoms with Crippen LogP contribution in [-0.4, -0.2) is 30.4 Å². The Morgan fingerprint density at radius 2 is 1.96 bits per heavy atom. The van der Waals surface area contributed by atoms with E-state index in [1.165, 1.54) is 12.1 Å². The average Bonchev–Trinajstić information content (AvgIpc) is 3.09. The highest BCUT2D eigenvalue weighted by Gasteiger charge is 2.20. The Morgan fingerprint density at radius 1 is 1.21 bits per heavy atom. The summed E-state index contributed by atoms with van der Waals surface area (Å²) in [6.45, 7) is 3.63. The predicted octanol–water partition coefficient (Wildman–Crippen LogP) is 2.99. The first-order chi connectivity index (χ1) is 11.7. The number of benzene rings is 1. The Kier molecular flexibility index (Phi) is 5.64. The molecule has 1 aromatic carbocycles. The number of carbonyl (C=O) groups excluding carboxylic acids is 1. The summed E-state index contributed by atoms with van der Waals surface area (Å²) in [7, 11) is 0. The van der Waals surface area contributed by atoms with E-state index < -0.39 is 0 Å². The number of carbonyl (C=O) groups is 1. The van der Waals surface area contributed by atoms with Crippen molar-refractivity contribution in [2.45, 2.75) is 25.8 Å². The molecule has 1 N–H and O–H groups in total. The summed E-state index contributed by atoms with van der Waals surface area (Å²) < 4.78 is 18.2. The molecule has 1 aromatic heterocycles. The fourth-order valence-corrected chi connectivity index (χ4v) is 3.08. The molecule has 2 heterocycles. The van der Waals surface area contributed by atoms with Crippen LogP contribution in [0, 0.1) is 11.7 Å². The van der Waals surface area contributed by atoms with Gasteiger partial charge in [0.25, 0.3) is 0 Å². The van der Waals surface area contributed by atoms with E-state index in [1.54, 1.807) is 18.4 Å². The van der Waals surface area contributed by atoms with Gasteiger partial charge in [-0.2, -0.15) is 0 Å². The number of nitrogens with one attached hydrogen (secondary N) is 1. The summed E-state index contributed by atoms with van der Waals surface area (Å²) in [5.74, 6) is 1.25. The van der Waals surface area contributed by atoms with Crippen LogP contribution in [-0.2, 0) is 17.8 Å². The van der Waals surface area contributed by atoms with Crippen molar-refractivity contribution in [2.24, 2.45) is 5.92 Å². The Morgan fingerprint density at radius 3 is 2.62 bits per heavy atom. The van der Waals surface area contributed by atoms with E-state index in [2.05, 4.69) is 10.2 Å². The molecule has 24 heavy (non-hydrogen) atoms. The lowest BCUT2D eigenvalue weighted by Crippen LogP contribution is -2.38. The van der Waals surface area contributed by atoms with E-state index in [-0.39, 0.29) is 11.7 Å². The molecule has 1 saturated heterocycles. The smallest absolute Gasteiger partial charge is 0.224 e. The molecule has 0 bridgehead atoms. The van der Waals surface area contributed by atoms with Crippen LogP contribution >= 0.6 is 0 Å². The molecule has 0 spiro atoms. The predicted molar refractivity (Wildman–Crippen MR) is 89.8 cm³/mol. The molecule has 0 aliphatic carbocycles. The number of halogens is 1. The lowest BCUT2D eigenvalue weighted by atomic mass is 9.96. The molecule has 5 heteroatoms. The molecule has 0 radical (unpaired) electrons. The normalized spacial score (nSPS) is 16.2. The van der Waals surface area contributed by atoms with Gasteiger partial charge in [-0.3, -0.25) is 9.69 Å². The van der Waals surface area contributed by atoms with Crippen LogP contribution in [0.4, 0.5) is 4.39 Å². The van der Waals surface area contributed by atoms with Gasteiger partial charge in [0.2, 0.25) is 5.91 Å². The molecule has 1 aliphatic rings. The largest absolute Gasteiger partial charge is 0.468 e. The number of piperidine rings is 1. The van der Waals surface area contributed by atoms with Gasteiger partial charge in [-0.15, -0.1) is 0 Å². The lowest BCUT2D eigenvalue weighted by Gasteiger charge is -2.31. The van der Waals surface area contributed by atoms with E-state index in [0.29, 0.717) is 18.9 Å². The highest BCUT2D eigenvalue weighted by molar-refractivity contribution is 5.78. The van der Waals surface area contributed by atoms with Gasteiger partial charge < -0.3 is 9.73 Å². The molecule has 1 aliphatic heterocycles. The number of amides is 1. The first-order valence-corrected chi connectivity index (χ1v) is 8.45. The van der Waals surface area contributed by atoms with Crippen LogP contribution in [0.25, 0.3) is 0 Å². The third kappa shape index (κ3) is 4.93. The maximum Gasteiger partial charge on any atom is 0.224 e. The van der Waals surface area contributed by atoms with Gasteiger partial charge in [-0.05, 0) is 61.7 Å². The summed E-state index contributed by atoms with van der Waals surface area (Å²) in [6, 6.07) is 10.00. The monoisotopic (exact) mass is 330 g/mol. The van der Waals surface area contributed by atoms with Crippen LogP contribution in [0.15, 0.2) is 47.1 Å². The Bertz CT molecular complexity index is 632. The fraction of sp³-hybridized carbons (Fsp3) is 0.421. The van der Waals surface area contributed by atoms with E-state index in [0.717, 1.165) is 43.8 Å². The number of nitrogens with zero attached hydrogens (tertiary/aromatic N) is 1. The van der Waals surface area contributed by atoms with Gasteiger partial charge >= 0.3 is 0 Å². The summed E-state index contributed by atoms with van der Waals surface area (Å²) in [5.41, 5.74) is 0.835. The lowest BCUT2D eigenvalue weighted by molar-refractivity contribution is -0.120. The maximum atomic E-state index is 12.9. The molecular weight excluding hydrogens is 307 g/mol. The number of likely N-dealkylation sites (tertiary alicyclic amines) is 1. The van der Waals surface area contributed by atoms with Crippen LogP contribution in [0.1, 0.15) is 24.2 Å². The third-order valence-electron chi connectivity index (χ3n) is 4.53. The summed E-state index contributed by atoms with van der Waals surface area (Å²) in [5, 5.41) is 3.01. The van der Waals surface area contributed by atoms with Crippen LogP contribution < -0.4 is 5.32 Å². The molecule has 4 nitrogen and oxygen atoms in total. The minimum absolute atomic E-state index is 0.000349. The van der Waals surface area contributed by atoms with Crippen LogP contribution in [0.5, 0.6) is 0 Å². The highest BCUT2D eigenvalue weighted by Crippen LogP contribution is 2.18. The van der Waals surface area contributed by atoms with Gasteiger partial charge in [0.05, 0.1) is 19.2 Å². The fourth-order valence-electron chi connectivity index (χ4n) is 3.08. The van der Waals surface area contributed by atoms with Crippen molar-refractivity contribution >= 4 is 5.91 Å². The quantitative estimate of drug-likeness (QED) is 0.886. The Balaban J connectivity index is 1.35. The zero-order chi connectivity index (χ0) is 16.8. The molecule has 2 aromatic rings. The summed E-state index contributed by atoms with van der Waals surface area (Å²) >= 11 is 0. The molecule has 0 unspecified atom stereocenters.